The van der Waals surface area contributed by atoms with Gasteiger partial charge in [-0.3, -0.25) is 4.90 Å². The fourth-order valence-corrected chi connectivity index (χ4v) is 6.56. The van der Waals surface area contributed by atoms with E-state index in [1.807, 2.05) is 12.1 Å². The third-order valence-corrected chi connectivity index (χ3v) is 9.15. The third-order valence-electron chi connectivity index (χ3n) is 9.15. The first-order valence-corrected chi connectivity index (χ1v) is 16.1. The Bertz CT molecular complexity index is 1160. The first-order chi connectivity index (χ1) is 22.6. The van der Waals surface area contributed by atoms with Crippen molar-refractivity contribution < 1.29 is 59.5 Å². The molecular weight excluding hydrogens is 616 g/mol. The summed E-state index contributed by atoms with van der Waals surface area (Å²) in [6.07, 6.45) is -11.6. The van der Waals surface area contributed by atoms with Crippen LogP contribution in [-0.2, 0) is 18.9 Å². The van der Waals surface area contributed by atoms with Crippen molar-refractivity contribution in [2.45, 2.75) is 99.2 Å². The molecule has 0 aromatic heterocycles. The molecule has 2 saturated heterocycles. The molecule has 5 rings (SSSR count). The van der Waals surface area contributed by atoms with Gasteiger partial charge < -0.3 is 60.0 Å². The van der Waals surface area contributed by atoms with Gasteiger partial charge in [0.2, 0.25) is 0 Å². The minimum absolute atomic E-state index is 0.124. The number of hydrogen-bond donors (Lipinski definition) is 8. The van der Waals surface area contributed by atoms with Crippen molar-refractivity contribution >= 4 is 6.09 Å². The number of aliphatic hydroxyl groups is 6. The maximum atomic E-state index is 11.3. The molecule has 2 heterocycles. The molecule has 10 atom stereocenters. The van der Waals surface area contributed by atoms with E-state index in [1.54, 1.807) is 53.4 Å². The van der Waals surface area contributed by atoms with Crippen LogP contribution in [-0.4, -0.2) is 134 Å². The Morgan fingerprint density at radius 2 is 1.15 bits per heavy atom. The summed E-state index contributed by atoms with van der Waals surface area (Å²) in [4.78, 5) is 12.9. The van der Waals surface area contributed by atoms with Gasteiger partial charge in [0.1, 0.15) is 36.6 Å². The maximum Gasteiger partial charge on any atom is 0.404 e. The van der Waals surface area contributed by atoms with Gasteiger partial charge in [-0.15, -0.1) is 0 Å². The highest BCUT2D eigenvalue weighted by Gasteiger charge is 2.43. The molecule has 0 spiro atoms. The molecule has 1 saturated carbocycles. The van der Waals surface area contributed by atoms with Crippen LogP contribution in [0.2, 0.25) is 0 Å². The summed E-state index contributed by atoms with van der Waals surface area (Å²) >= 11 is 0. The number of carboxylic acid groups (broad SMARTS) is 1. The van der Waals surface area contributed by atoms with Crippen molar-refractivity contribution in [2.24, 2.45) is 0 Å². The van der Waals surface area contributed by atoms with Gasteiger partial charge in [0.15, 0.2) is 12.6 Å². The van der Waals surface area contributed by atoms with E-state index in [0.717, 1.165) is 0 Å². The fraction of sp³-hybridized carbons (Fsp3) is 0.606. The fourth-order valence-electron chi connectivity index (χ4n) is 6.56. The highest BCUT2D eigenvalue weighted by molar-refractivity contribution is 5.64. The number of hydrogen-bond acceptors (Lipinski definition) is 12. The number of carbonyl (C=O) groups is 1. The second kappa shape index (κ2) is 16.6. The molecule has 2 aliphatic heterocycles. The van der Waals surface area contributed by atoms with Crippen molar-refractivity contribution in [3.05, 3.63) is 71.8 Å². The molecule has 2 aromatic carbocycles. The number of ether oxygens (including phenoxy) is 4. The summed E-state index contributed by atoms with van der Waals surface area (Å²) < 4.78 is 23.0. The second-order valence-electron chi connectivity index (χ2n) is 12.5. The number of rotatable bonds is 12. The summed E-state index contributed by atoms with van der Waals surface area (Å²) in [6, 6.07) is 17.5. The third kappa shape index (κ3) is 9.25. The van der Waals surface area contributed by atoms with Crippen LogP contribution in [0, 0.1) is 0 Å². The van der Waals surface area contributed by atoms with Gasteiger partial charge in [0, 0.05) is 36.3 Å². The number of benzene rings is 2. The molecule has 0 radical (unpaired) electrons. The first-order valence-electron chi connectivity index (χ1n) is 16.1. The number of amides is 1. The van der Waals surface area contributed by atoms with Crippen LogP contribution >= 0.6 is 0 Å². The van der Waals surface area contributed by atoms with Crippen molar-refractivity contribution in [1.82, 2.24) is 10.2 Å². The van der Waals surface area contributed by atoms with E-state index in [0.29, 0.717) is 36.8 Å². The Kier molecular flexibility index (Phi) is 12.6. The van der Waals surface area contributed by atoms with E-state index in [-0.39, 0.29) is 38.4 Å². The van der Waals surface area contributed by atoms with E-state index >= 15 is 0 Å². The minimum atomic E-state index is -1.54. The molecule has 1 aliphatic carbocycles. The molecular formula is C33H46N2O12. The molecule has 14 nitrogen and oxygen atoms in total. The van der Waals surface area contributed by atoms with Gasteiger partial charge in [-0.25, -0.2) is 4.79 Å². The van der Waals surface area contributed by atoms with Crippen LogP contribution in [0.5, 0.6) is 0 Å². The molecule has 8 N–H and O–H groups in total. The molecule has 14 heteroatoms. The van der Waals surface area contributed by atoms with Gasteiger partial charge in [-0.2, -0.15) is 0 Å². The SMILES string of the molecule is O=C(O)NC1CCC(N(C[C@H](O)[C@@H](O)[C@@H]2OC(c3ccccc3)OC[C@H]2O)C[C@H](O)[C@@H](O)C2OC(c3ccccc3)OC[C@H]2O)CC1. The Labute approximate surface area is 273 Å². The summed E-state index contributed by atoms with van der Waals surface area (Å²) in [6.45, 7) is -0.582. The van der Waals surface area contributed by atoms with Gasteiger partial charge in [-0.05, 0) is 25.7 Å². The molecule has 2 aromatic rings. The van der Waals surface area contributed by atoms with Crippen LogP contribution in [0.4, 0.5) is 4.79 Å². The molecule has 3 aliphatic rings. The van der Waals surface area contributed by atoms with Crippen LogP contribution in [0.1, 0.15) is 49.4 Å². The lowest BCUT2D eigenvalue weighted by atomic mass is 9.89. The Hall–Kier alpha value is -2.73. The molecule has 3 unspecified atom stereocenters. The summed E-state index contributed by atoms with van der Waals surface area (Å²) in [5.74, 6) is 0. The van der Waals surface area contributed by atoms with E-state index in [2.05, 4.69) is 5.32 Å². The van der Waals surface area contributed by atoms with Crippen molar-refractivity contribution in [3.63, 3.8) is 0 Å². The Morgan fingerprint density at radius 1 is 0.723 bits per heavy atom. The Morgan fingerprint density at radius 3 is 1.55 bits per heavy atom. The lowest BCUT2D eigenvalue weighted by Crippen LogP contribution is -2.58. The van der Waals surface area contributed by atoms with Crippen molar-refractivity contribution in [1.29, 1.82) is 0 Å². The zero-order valence-corrected chi connectivity index (χ0v) is 26.0. The zero-order chi connectivity index (χ0) is 33.5. The van der Waals surface area contributed by atoms with Gasteiger partial charge in [-0.1, -0.05) is 60.7 Å². The van der Waals surface area contributed by atoms with E-state index in [1.165, 1.54) is 0 Å². The van der Waals surface area contributed by atoms with E-state index in [4.69, 9.17) is 24.1 Å². The number of nitrogens with one attached hydrogen (secondary N) is 1. The van der Waals surface area contributed by atoms with Gasteiger partial charge in [0.05, 0.1) is 25.4 Å². The van der Waals surface area contributed by atoms with Crippen molar-refractivity contribution in [3.8, 4) is 0 Å². The van der Waals surface area contributed by atoms with Crippen LogP contribution in [0.15, 0.2) is 60.7 Å². The average Bonchev–Trinajstić information content (AvgIpc) is 3.08. The van der Waals surface area contributed by atoms with Crippen LogP contribution in [0.3, 0.4) is 0 Å². The summed E-state index contributed by atoms with van der Waals surface area (Å²) in [7, 11) is 0. The number of aliphatic hydroxyl groups excluding tert-OH is 6. The zero-order valence-electron chi connectivity index (χ0n) is 26.0. The highest BCUT2D eigenvalue weighted by atomic mass is 16.7. The smallest absolute Gasteiger partial charge is 0.404 e. The van der Waals surface area contributed by atoms with Crippen molar-refractivity contribution in [2.75, 3.05) is 26.3 Å². The monoisotopic (exact) mass is 662 g/mol. The lowest BCUT2D eigenvalue weighted by molar-refractivity contribution is -0.285. The average molecular weight is 663 g/mol. The lowest BCUT2D eigenvalue weighted by Gasteiger charge is -2.43. The minimum Gasteiger partial charge on any atom is -0.465 e. The predicted molar refractivity (Wildman–Crippen MR) is 165 cm³/mol. The standard InChI is InChI=1S/C33H46N2O12/c36-23(27(40)29-25(38)17-44-31(46-29)19-7-3-1-4-8-19)15-35(22-13-11-21(12-14-22)34-33(42)43)16-24(37)28(41)30-26(39)18-45-32(47-30)20-9-5-2-6-10-20/h1-10,21-32,34,36-41H,11-18H2,(H,42,43)/t21?,22?,23-,24-,25+,26+,27+,28+,29+,30?,31?,32?/m0/s1. The largest absolute Gasteiger partial charge is 0.465 e. The summed E-state index contributed by atoms with van der Waals surface area (Å²) in [5.41, 5.74) is 1.37. The molecule has 1 amide bonds. The first kappa shape index (κ1) is 35.6. The predicted octanol–water partition coefficient (Wildman–Crippen LogP) is 0.261. The number of nitrogens with zero attached hydrogens (tertiary/aromatic N) is 1. The quantitative estimate of drug-likeness (QED) is 0.154. The maximum absolute atomic E-state index is 11.3. The van der Waals surface area contributed by atoms with Gasteiger partial charge in [0.25, 0.3) is 0 Å². The Balaban J connectivity index is 1.27. The topological polar surface area (TPSA) is 211 Å². The summed E-state index contributed by atoms with van der Waals surface area (Å²) in [5, 5.41) is 77.9. The molecule has 3 fully saturated rings. The van der Waals surface area contributed by atoms with Crippen LogP contribution in [0.25, 0.3) is 0 Å². The van der Waals surface area contributed by atoms with E-state index in [9.17, 15) is 35.4 Å². The van der Waals surface area contributed by atoms with E-state index < -0.39 is 67.5 Å². The second-order valence-corrected chi connectivity index (χ2v) is 12.5. The highest BCUT2D eigenvalue weighted by Crippen LogP contribution is 2.32. The van der Waals surface area contributed by atoms with Gasteiger partial charge >= 0.3 is 6.09 Å². The molecule has 47 heavy (non-hydrogen) atoms. The van der Waals surface area contributed by atoms with Crippen LogP contribution < -0.4 is 5.32 Å². The molecule has 0 bridgehead atoms. The molecule has 260 valence electrons. The normalized spacial score (nSPS) is 32.7.